The third-order valence-corrected chi connectivity index (χ3v) is 9.19. The second kappa shape index (κ2) is 6.71. The molecule has 0 bridgehead atoms. The minimum atomic E-state index is -0.387. The summed E-state index contributed by atoms with van der Waals surface area (Å²) in [6, 6.07) is 2.56. The minimum absolute atomic E-state index is 0.0210. The van der Waals surface area contributed by atoms with E-state index in [0.717, 1.165) is 44.9 Å². The van der Waals surface area contributed by atoms with Crippen molar-refractivity contribution < 1.29 is 14.9 Å². The highest BCUT2D eigenvalue weighted by atomic mass is 16.5. The predicted molar refractivity (Wildman–Crippen MR) is 104 cm³/mol. The molecule has 4 aliphatic carbocycles. The molecule has 0 spiro atoms. The summed E-state index contributed by atoms with van der Waals surface area (Å²) >= 11 is 0. The van der Waals surface area contributed by atoms with Crippen molar-refractivity contribution in [3.8, 4) is 6.07 Å². The Bertz CT molecular complexity index is 615. The fraction of sp³-hybridized carbons (Fsp3) is 0.957. The van der Waals surface area contributed by atoms with E-state index in [1.165, 1.54) is 0 Å². The maximum absolute atomic E-state index is 11.4. The Morgan fingerprint density at radius 3 is 2.41 bits per heavy atom. The van der Waals surface area contributed by atoms with Crippen LogP contribution in [0.3, 0.4) is 0 Å². The van der Waals surface area contributed by atoms with Crippen LogP contribution in [0.15, 0.2) is 0 Å². The zero-order valence-electron chi connectivity index (χ0n) is 17.4. The minimum Gasteiger partial charge on any atom is -0.393 e. The smallest absolute Gasteiger partial charge is 0.0842 e. The van der Waals surface area contributed by atoms with Gasteiger partial charge in [-0.2, -0.15) is 5.26 Å². The Hall–Kier alpha value is -0.630. The highest BCUT2D eigenvalue weighted by Crippen LogP contribution is 2.67. The number of aliphatic hydroxyl groups is 2. The Morgan fingerprint density at radius 1 is 1.00 bits per heavy atom. The van der Waals surface area contributed by atoms with E-state index in [0.29, 0.717) is 17.8 Å². The number of aliphatic hydroxyl groups excluding tert-OH is 2. The third kappa shape index (κ3) is 2.88. The standard InChI is InChI=1S/C23H37NO3/c1-13(2)27-20-11-23(4)14(9-18(20)25)5-7-16-17-8-6-15(12-24)22(17,3)10-19(26)21(16)23/h13-21,25-26H,5-11H2,1-4H3/t14-,15+,16-,17-,18-,19-,20-,21+,22+,23-/m0/s1. The van der Waals surface area contributed by atoms with Crippen molar-refractivity contribution in [3.05, 3.63) is 0 Å². The summed E-state index contributed by atoms with van der Waals surface area (Å²) in [5.74, 6) is 1.90. The van der Waals surface area contributed by atoms with Gasteiger partial charge in [0.15, 0.2) is 0 Å². The van der Waals surface area contributed by atoms with Crippen LogP contribution in [-0.4, -0.2) is 34.6 Å². The Morgan fingerprint density at radius 2 is 1.74 bits per heavy atom. The number of nitriles is 1. The number of nitrogens with zero attached hydrogens (tertiary/aromatic N) is 1. The predicted octanol–water partition coefficient (Wildman–Crippen LogP) is 3.90. The van der Waals surface area contributed by atoms with Gasteiger partial charge in [0, 0.05) is 0 Å². The van der Waals surface area contributed by atoms with E-state index >= 15 is 0 Å². The molecular formula is C23H37NO3. The molecule has 4 fully saturated rings. The summed E-state index contributed by atoms with van der Waals surface area (Å²) < 4.78 is 6.10. The van der Waals surface area contributed by atoms with E-state index < -0.39 is 0 Å². The SMILES string of the molecule is CC(C)O[C@H]1C[C@@]2(C)[C@@H](CC[C@@H]3[C@@H]2[C@@H](O)C[C@]2(C)[C@@H](C#N)CC[C@@H]32)C[C@@H]1O. The van der Waals surface area contributed by atoms with Crippen LogP contribution < -0.4 is 0 Å². The van der Waals surface area contributed by atoms with Gasteiger partial charge in [0.2, 0.25) is 0 Å². The van der Waals surface area contributed by atoms with Gasteiger partial charge in [-0.3, -0.25) is 0 Å². The van der Waals surface area contributed by atoms with Crippen molar-refractivity contribution >= 4 is 0 Å². The zero-order valence-corrected chi connectivity index (χ0v) is 17.4. The van der Waals surface area contributed by atoms with Gasteiger partial charge in [0.25, 0.3) is 0 Å². The van der Waals surface area contributed by atoms with Crippen molar-refractivity contribution in [2.24, 2.45) is 40.4 Å². The Labute approximate surface area is 164 Å². The molecule has 0 radical (unpaired) electrons. The quantitative estimate of drug-likeness (QED) is 0.767. The molecular weight excluding hydrogens is 338 g/mol. The second-order valence-corrected chi connectivity index (χ2v) is 10.8. The summed E-state index contributed by atoms with van der Waals surface area (Å²) in [4.78, 5) is 0. The molecule has 152 valence electrons. The number of ether oxygens (including phenoxy) is 1. The fourth-order valence-corrected chi connectivity index (χ4v) is 8.08. The van der Waals surface area contributed by atoms with E-state index in [1.807, 2.05) is 13.8 Å². The first-order valence-corrected chi connectivity index (χ1v) is 11.1. The molecule has 2 N–H and O–H groups in total. The van der Waals surface area contributed by atoms with Crippen molar-refractivity contribution in [3.63, 3.8) is 0 Å². The van der Waals surface area contributed by atoms with Crippen molar-refractivity contribution in [1.82, 2.24) is 0 Å². The first-order chi connectivity index (χ1) is 12.7. The highest BCUT2D eigenvalue weighted by Gasteiger charge is 2.64. The van der Waals surface area contributed by atoms with E-state index in [2.05, 4.69) is 19.9 Å². The van der Waals surface area contributed by atoms with Gasteiger partial charge in [-0.05, 0) is 93.3 Å². The molecule has 0 aromatic heterocycles. The van der Waals surface area contributed by atoms with E-state index in [4.69, 9.17) is 4.74 Å². The van der Waals surface area contributed by atoms with Gasteiger partial charge in [-0.1, -0.05) is 13.8 Å². The third-order valence-electron chi connectivity index (χ3n) is 9.19. The summed E-state index contributed by atoms with van der Waals surface area (Å²) in [5, 5.41) is 31.7. The first kappa shape index (κ1) is 19.7. The van der Waals surface area contributed by atoms with Crippen molar-refractivity contribution in [1.29, 1.82) is 5.26 Å². The lowest BCUT2D eigenvalue weighted by atomic mass is 9.43. The van der Waals surface area contributed by atoms with Crippen LogP contribution >= 0.6 is 0 Å². The van der Waals surface area contributed by atoms with Crippen molar-refractivity contribution in [2.45, 2.75) is 97.1 Å². The van der Waals surface area contributed by atoms with Crippen molar-refractivity contribution in [2.75, 3.05) is 0 Å². The normalized spacial score (nSPS) is 54.7. The molecule has 4 saturated carbocycles. The van der Waals surface area contributed by atoms with Crippen LogP contribution in [0.1, 0.15) is 72.6 Å². The summed E-state index contributed by atoms with van der Waals surface area (Å²) in [6.45, 7) is 8.69. The lowest BCUT2D eigenvalue weighted by Gasteiger charge is -2.62. The average Bonchev–Trinajstić information content (AvgIpc) is 2.91. The molecule has 0 unspecified atom stereocenters. The molecule has 4 rings (SSSR count). The van der Waals surface area contributed by atoms with E-state index in [9.17, 15) is 15.5 Å². The molecule has 0 aliphatic heterocycles. The molecule has 0 amide bonds. The monoisotopic (exact) mass is 375 g/mol. The first-order valence-electron chi connectivity index (χ1n) is 11.1. The maximum Gasteiger partial charge on any atom is 0.0842 e. The maximum atomic E-state index is 11.4. The van der Waals surface area contributed by atoms with Gasteiger partial charge in [0.05, 0.1) is 36.4 Å². The van der Waals surface area contributed by atoms with Gasteiger partial charge in [-0.25, -0.2) is 0 Å². The molecule has 4 aliphatic rings. The summed E-state index contributed by atoms with van der Waals surface area (Å²) in [7, 11) is 0. The van der Waals surface area contributed by atoms with Crippen LogP contribution in [0.5, 0.6) is 0 Å². The summed E-state index contributed by atoms with van der Waals surface area (Å²) in [6.07, 6.45) is 6.07. The average molecular weight is 376 g/mol. The van der Waals surface area contributed by atoms with Gasteiger partial charge in [-0.15, -0.1) is 0 Å². The lowest BCUT2D eigenvalue weighted by Crippen LogP contribution is -2.61. The number of fused-ring (bicyclic) bond motifs is 5. The molecule has 27 heavy (non-hydrogen) atoms. The lowest BCUT2D eigenvalue weighted by molar-refractivity contribution is -0.206. The molecule has 0 aromatic carbocycles. The van der Waals surface area contributed by atoms with Crippen LogP contribution in [0, 0.1) is 51.8 Å². The molecule has 0 aromatic rings. The van der Waals surface area contributed by atoms with Crippen LogP contribution in [0.25, 0.3) is 0 Å². The molecule has 4 nitrogen and oxygen atoms in total. The zero-order chi connectivity index (χ0) is 19.6. The second-order valence-electron chi connectivity index (χ2n) is 10.8. The van der Waals surface area contributed by atoms with E-state index in [1.54, 1.807) is 0 Å². The van der Waals surface area contributed by atoms with Gasteiger partial charge in [0.1, 0.15) is 0 Å². The van der Waals surface area contributed by atoms with E-state index in [-0.39, 0.29) is 47.1 Å². The molecule has 10 atom stereocenters. The Balaban J connectivity index is 1.64. The van der Waals surface area contributed by atoms with Gasteiger partial charge < -0.3 is 14.9 Å². The number of hydrogen-bond donors (Lipinski definition) is 2. The Kier molecular flexibility index (Phi) is 4.89. The number of rotatable bonds is 2. The molecule has 0 heterocycles. The summed E-state index contributed by atoms with van der Waals surface area (Å²) in [5.41, 5.74) is -0.00623. The topological polar surface area (TPSA) is 73.5 Å². The van der Waals surface area contributed by atoms with Gasteiger partial charge >= 0.3 is 0 Å². The fourth-order valence-electron chi connectivity index (χ4n) is 8.08. The van der Waals surface area contributed by atoms with Crippen LogP contribution in [0.2, 0.25) is 0 Å². The highest BCUT2D eigenvalue weighted by molar-refractivity contribution is 5.15. The van der Waals surface area contributed by atoms with Crippen LogP contribution in [-0.2, 0) is 4.74 Å². The molecule has 4 heteroatoms. The largest absolute Gasteiger partial charge is 0.393 e. The van der Waals surface area contributed by atoms with Crippen LogP contribution in [0.4, 0.5) is 0 Å². The molecule has 0 saturated heterocycles. The number of hydrogen-bond acceptors (Lipinski definition) is 4.